The number of rotatable bonds is 4. The second-order valence-corrected chi connectivity index (χ2v) is 5.55. The van der Waals surface area contributed by atoms with Gasteiger partial charge in [0.2, 0.25) is 0 Å². The molecule has 0 radical (unpaired) electrons. The Morgan fingerprint density at radius 3 is 2.32 bits per heavy atom. The molecule has 1 amide bonds. The zero-order valence-corrected chi connectivity index (χ0v) is 12.1. The van der Waals surface area contributed by atoms with Crippen molar-refractivity contribution in [3.63, 3.8) is 0 Å². The van der Waals surface area contributed by atoms with Gasteiger partial charge in [0, 0.05) is 0 Å². The van der Waals surface area contributed by atoms with E-state index in [-0.39, 0.29) is 5.75 Å². The van der Waals surface area contributed by atoms with Crippen LogP contribution in [0.5, 0.6) is 5.75 Å². The van der Waals surface area contributed by atoms with E-state index < -0.39 is 23.9 Å². The molecule has 2 rings (SSSR count). The summed E-state index contributed by atoms with van der Waals surface area (Å²) in [6.07, 6.45) is -2.25. The first-order valence-corrected chi connectivity index (χ1v) is 7.09. The number of halogens is 3. The van der Waals surface area contributed by atoms with Crippen molar-refractivity contribution in [3.8, 4) is 5.75 Å². The molecule has 1 aliphatic carbocycles. The molecule has 0 aromatic heterocycles. The number of amides is 1. The Labute approximate surface area is 126 Å². The average Bonchev–Trinajstić information content (AvgIpc) is 2.86. The van der Waals surface area contributed by atoms with Crippen molar-refractivity contribution >= 4 is 5.91 Å². The molecule has 7 heteroatoms. The molecule has 22 heavy (non-hydrogen) atoms. The van der Waals surface area contributed by atoms with Crippen LogP contribution in [-0.4, -0.2) is 23.0 Å². The molecule has 0 heterocycles. The maximum atomic E-state index is 12.1. The average molecular weight is 317 g/mol. The predicted molar refractivity (Wildman–Crippen MR) is 73.1 cm³/mol. The molecule has 1 saturated carbocycles. The number of nitrogens with one attached hydrogen (secondary N) is 1. The summed E-state index contributed by atoms with van der Waals surface area (Å²) in [5, 5.41) is 12.9. The van der Waals surface area contributed by atoms with Crippen molar-refractivity contribution < 1.29 is 27.8 Å². The highest BCUT2D eigenvalue weighted by Gasteiger charge is 2.39. The lowest BCUT2D eigenvalue weighted by molar-refractivity contribution is -0.274. The molecular formula is C15H18F3NO3. The second kappa shape index (κ2) is 6.16. The third kappa shape index (κ3) is 4.13. The van der Waals surface area contributed by atoms with Crippen LogP contribution in [0.25, 0.3) is 0 Å². The molecule has 1 atom stereocenters. The normalized spacial score (nSPS) is 18.8. The van der Waals surface area contributed by atoms with Crippen LogP contribution in [0, 0.1) is 0 Å². The second-order valence-electron chi connectivity index (χ2n) is 5.55. The van der Waals surface area contributed by atoms with E-state index in [0.29, 0.717) is 18.4 Å². The van der Waals surface area contributed by atoms with Crippen LogP contribution >= 0.6 is 0 Å². The molecular weight excluding hydrogens is 299 g/mol. The number of hydrogen-bond acceptors (Lipinski definition) is 3. The van der Waals surface area contributed by atoms with Gasteiger partial charge in [0.05, 0.1) is 6.04 Å². The molecule has 0 spiro atoms. The number of carbonyl (C=O) groups excluding carboxylic acids is 1. The molecule has 0 aliphatic heterocycles. The quantitative estimate of drug-likeness (QED) is 0.897. The lowest BCUT2D eigenvalue weighted by atomic mass is 10.00. The zero-order valence-electron chi connectivity index (χ0n) is 12.1. The van der Waals surface area contributed by atoms with E-state index in [1.54, 1.807) is 6.92 Å². The summed E-state index contributed by atoms with van der Waals surface area (Å²) in [6.45, 7) is 1.70. The Hall–Kier alpha value is -1.76. The fraction of sp³-hybridized carbons (Fsp3) is 0.533. The molecule has 2 N–H and O–H groups in total. The van der Waals surface area contributed by atoms with Crippen molar-refractivity contribution in [2.24, 2.45) is 0 Å². The smallest absolute Gasteiger partial charge is 0.406 e. The van der Waals surface area contributed by atoms with E-state index in [4.69, 9.17) is 0 Å². The Morgan fingerprint density at radius 1 is 1.27 bits per heavy atom. The fourth-order valence-electron chi connectivity index (χ4n) is 2.56. The third-order valence-electron chi connectivity index (χ3n) is 3.81. The van der Waals surface area contributed by atoms with Crippen molar-refractivity contribution in [2.45, 2.75) is 50.6 Å². The number of ether oxygens (including phenoxy) is 1. The van der Waals surface area contributed by atoms with E-state index in [2.05, 4.69) is 10.1 Å². The minimum atomic E-state index is -4.73. The van der Waals surface area contributed by atoms with Gasteiger partial charge in [0.1, 0.15) is 11.4 Å². The molecule has 122 valence electrons. The van der Waals surface area contributed by atoms with E-state index >= 15 is 0 Å². The van der Waals surface area contributed by atoms with Crippen molar-refractivity contribution in [2.75, 3.05) is 0 Å². The standard InChI is InChI=1S/C15H18F3NO3/c1-10(19-13(20)14(21)8-2-3-9-14)11-4-6-12(7-5-11)22-15(16,17)18/h4-7,10,21H,2-3,8-9H2,1H3,(H,19,20). The van der Waals surface area contributed by atoms with Gasteiger partial charge in [-0.25, -0.2) is 0 Å². The summed E-state index contributed by atoms with van der Waals surface area (Å²) in [7, 11) is 0. The first-order valence-electron chi connectivity index (χ1n) is 7.09. The maximum absolute atomic E-state index is 12.1. The van der Waals surface area contributed by atoms with Gasteiger partial charge in [0.25, 0.3) is 5.91 Å². The molecule has 0 saturated heterocycles. The fourth-order valence-corrected chi connectivity index (χ4v) is 2.56. The van der Waals surface area contributed by atoms with Gasteiger partial charge in [-0.2, -0.15) is 0 Å². The SMILES string of the molecule is CC(NC(=O)C1(O)CCCC1)c1ccc(OC(F)(F)F)cc1. The lowest BCUT2D eigenvalue weighted by Crippen LogP contribution is -2.45. The highest BCUT2D eigenvalue weighted by molar-refractivity contribution is 5.85. The minimum Gasteiger partial charge on any atom is -0.406 e. The van der Waals surface area contributed by atoms with Gasteiger partial charge in [0.15, 0.2) is 0 Å². The van der Waals surface area contributed by atoms with Gasteiger partial charge >= 0.3 is 6.36 Å². The Bertz CT molecular complexity index is 522. The van der Waals surface area contributed by atoms with Gasteiger partial charge in [-0.3, -0.25) is 4.79 Å². The minimum absolute atomic E-state index is 0.316. The monoisotopic (exact) mass is 317 g/mol. The van der Waals surface area contributed by atoms with Crippen LogP contribution in [0.3, 0.4) is 0 Å². The number of benzene rings is 1. The summed E-state index contributed by atoms with van der Waals surface area (Å²) in [5.74, 6) is -0.752. The van der Waals surface area contributed by atoms with Crippen LogP contribution in [0.1, 0.15) is 44.2 Å². The third-order valence-corrected chi connectivity index (χ3v) is 3.81. The first kappa shape index (κ1) is 16.6. The largest absolute Gasteiger partial charge is 0.573 e. The zero-order chi connectivity index (χ0) is 16.4. The molecule has 0 bridgehead atoms. The lowest BCUT2D eigenvalue weighted by Gasteiger charge is -2.24. The van der Waals surface area contributed by atoms with Gasteiger partial charge in [-0.1, -0.05) is 12.1 Å². The Morgan fingerprint density at radius 2 is 1.82 bits per heavy atom. The molecule has 1 aromatic rings. The van der Waals surface area contributed by atoms with Crippen molar-refractivity contribution in [1.29, 1.82) is 0 Å². The highest BCUT2D eigenvalue weighted by atomic mass is 19.4. The highest BCUT2D eigenvalue weighted by Crippen LogP contribution is 2.30. The van der Waals surface area contributed by atoms with E-state index in [0.717, 1.165) is 12.8 Å². The summed E-state index contributed by atoms with van der Waals surface area (Å²) < 4.78 is 40.0. The van der Waals surface area contributed by atoms with Crippen LogP contribution in [-0.2, 0) is 4.79 Å². The van der Waals surface area contributed by atoms with Gasteiger partial charge < -0.3 is 15.2 Å². The molecule has 1 aliphatic rings. The summed E-state index contributed by atoms with van der Waals surface area (Å²) in [4.78, 5) is 12.1. The topological polar surface area (TPSA) is 58.6 Å². The first-order chi connectivity index (χ1) is 10.2. The van der Waals surface area contributed by atoms with E-state index in [9.17, 15) is 23.1 Å². The van der Waals surface area contributed by atoms with Crippen LogP contribution in [0.2, 0.25) is 0 Å². The summed E-state index contributed by atoms with van der Waals surface area (Å²) in [6, 6.07) is 4.86. The molecule has 1 unspecified atom stereocenters. The summed E-state index contributed by atoms with van der Waals surface area (Å²) >= 11 is 0. The molecule has 1 fully saturated rings. The van der Waals surface area contributed by atoms with Crippen LogP contribution < -0.4 is 10.1 Å². The van der Waals surface area contributed by atoms with Crippen molar-refractivity contribution in [1.82, 2.24) is 5.32 Å². The Balaban J connectivity index is 1.98. The summed E-state index contributed by atoms with van der Waals surface area (Å²) in [5.41, 5.74) is -0.697. The van der Waals surface area contributed by atoms with Gasteiger partial charge in [-0.05, 0) is 50.3 Å². The predicted octanol–water partition coefficient (Wildman–Crippen LogP) is 3.07. The van der Waals surface area contributed by atoms with E-state index in [1.165, 1.54) is 24.3 Å². The van der Waals surface area contributed by atoms with Gasteiger partial charge in [-0.15, -0.1) is 13.2 Å². The van der Waals surface area contributed by atoms with E-state index in [1.807, 2.05) is 0 Å². The van der Waals surface area contributed by atoms with Crippen LogP contribution in [0.15, 0.2) is 24.3 Å². The molecule has 4 nitrogen and oxygen atoms in total. The number of carbonyl (C=O) groups is 1. The maximum Gasteiger partial charge on any atom is 0.573 e. The number of hydrogen-bond donors (Lipinski definition) is 2. The Kier molecular flexibility index (Phi) is 4.65. The molecule has 1 aromatic carbocycles. The van der Waals surface area contributed by atoms with Crippen LogP contribution in [0.4, 0.5) is 13.2 Å². The number of alkyl halides is 3. The van der Waals surface area contributed by atoms with Crippen molar-refractivity contribution in [3.05, 3.63) is 29.8 Å². The number of aliphatic hydroxyl groups is 1.